The molecule has 3 aromatic rings. The number of anilines is 4. The predicted molar refractivity (Wildman–Crippen MR) is 141 cm³/mol. The molecule has 172 valence electrons. The molecule has 1 aliphatic heterocycles. The average Bonchev–Trinajstić information content (AvgIpc) is 3.38. The van der Waals surface area contributed by atoms with Gasteiger partial charge in [0, 0.05) is 15.5 Å². The second kappa shape index (κ2) is 9.46. The Labute approximate surface area is 210 Å². The molecule has 0 saturated heterocycles. The van der Waals surface area contributed by atoms with Crippen LogP contribution in [0.25, 0.3) is 0 Å². The summed E-state index contributed by atoms with van der Waals surface area (Å²) in [5.74, 6) is 0.509. The molecule has 10 heteroatoms. The minimum Gasteiger partial charge on any atom is -0.375 e. The van der Waals surface area contributed by atoms with Crippen molar-refractivity contribution in [3.05, 3.63) is 63.0 Å². The first kappa shape index (κ1) is 23.8. The first-order valence-corrected chi connectivity index (χ1v) is 12.7. The molecule has 0 unspecified atom stereocenters. The Morgan fingerprint density at radius 3 is 2.58 bits per heavy atom. The molecule has 4 rings (SSSR count). The minimum atomic E-state index is -0.519. The van der Waals surface area contributed by atoms with Crippen molar-refractivity contribution in [2.45, 2.75) is 31.1 Å². The molecule has 0 bridgehead atoms. The van der Waals surface area contributed by atoms with Gasteiger partial charge in [0.1, 0.15) is 5.00 Å². The van der Waals surface area contributed by atoms with Crippen LogP contribution in [0.2, 0.25) is 10.0 Å². The smallest absolute Gasteiger partial charge is 0.324 e. The van der Waals surface area contributed by atoms with Gasteiger partial charge in [0.05, 0.1) is 32.9 Å². The van der Waals surface area contributed by atoms with E-state index in [2.05, 4.69) is 42.0 Å². The molecule has 6 nitrogen and oxygen atoms in total. The minimum absolute atomic E-state index is 0.193. The van der Waals surface area contributed by atoms with Gasteiger partial charge in [0.15, 0.2) is 0 Å². The lowest BCUT2D eigenvalue weighted by atomic mass is 9.94. The Morgan fingerprint density at radius 2 is 1.82 bits per heavy atom. The van der Waals surface area contributed by atoms with Gasteiger partial charge in [-0.3, -0.25) is 10.1 Å². The van der Waals surface area contributed by atoms with E-state index in [1.54, 1.807) is 30.0 Å². The van der Waals surface area contributed by atoms with E-state index < -0.39 is 6.03 Å². The summed E-state index contributed by atoms with van der Waals surface area (Å²) in [6.45, 7) is 6.17. The second-order valence-corrected chi connectivity index (χ2v) is 11.3. The number of amides is 3. The number of hydrogen-bond acceptors (Lipinski definition) is 5. The highest BCUT2D eigenvalue weighted by Gasteiger charge is 2.24. The van der Waals surface area contributed by atoms with Crippen LogP contribution < -0.4 is 21.3 Å². The number of benzene rings is 2. The third-order valence-electron chi connectivity index (χ3n) is 4.87. The molecule has 1 aromatic heterocycles. The molecule has 0 aliphatic carbocycles. The quantitative estimate of drug-likeness (QED) is 0.283. The topological polar surface area (TPSA) is 82.3 Å². The number of thiophene rings is 1. The number of carbonyl (C=O) groups is 2. The fourth-order valence-corrected chi connectivity index (χ4v) is 5.43. The molecular weight excluding hydrogens is 499 g/mol. The number of hydrogen-bond donors (Lipinski definition) is 4. The van der Waals surface area contributed by atoms with Crippen LogP contribution in [-0.4, -0.2) is 17.8 Å². The van der Waals surface area contributed by atoms with Crippen LogP contribution in [0.3, 0.4) is 0 Å². The molecule has 3 amide bonds. The van der Waals surface area contributed by atoms with E-state index in [9.17, 15) is 9.59 Å². The van der Waals surface area contributed by atoms with Crippen molar-refractivity contribution in [3.8, 4) is 0 Å². The summed E-state index contributed by atoms with van der Waals surface area (Å²) in [6, 6.07) is 12.0. The van der Waals surface area contributed by atoms with Crippen molar-refractivity contribution in [2.75, 3.05) is 27.1 Å². The van der Waals surface area contributed by atoms with E-state index in [-0.39, 0.29) is 16.3 Å². The Morgan fingerprint density at radius 1 is 1.03 bits per heavy atom. The van der Waals surface area contributed by atoms with Crippen LogP contribution in [0.4, 0.5) is 26.9 Å². The van der Waals surface area contributed by atoms with E-state index in [0.717, 1.165) is 21.3 Å². The van der Waals surface area contributed by atoms with Gasteiger partial charge in [0.25, 0.3) is 5.91 Å². The third kappa shape index (κ3) is 5.41. The van der Waals surface area contributed by atoms with Gasteiger partial charge in [-0.25, -0.2) is 4.79 Å². The molecule has 4 N–H and O–H groups in total. The molecule has 1 aliphatic rings. The normalized spacial score (nSPS) is 12.6. The van der Waals surface area contributed by atoms with Crippen LogP contribution in [0, 0.1) is 0 Å². The number of rotatable bonds is 4. The molecule has 33 heavy (non-hydrogen) atoms. The summed E-state index contributed by atoms with van der Waals surface area (Å²) in [5, 5.41) is 12.7. The summed E-state index contributed by atoms with van der Waals surface area (Å²) < 4.78 is 0. The summed E-state index contributed by atoms with van der Waals surface area (Å²) in [7, 11) is 0. The van der Waals surface area contributed by atoms with Gasteiger partial charge < -0.3 is 16.0 Å². The molecule has 0 saturated carbocycles. The summed E-state index contributed by atoms with van der Waals surface area (Å²) in [6.07, 6.45) is 0. The lowest BCUT2D eigenvalue weighted by Gasteiger charge is -2.15. The van der Waals surface area contributed by atoms with Gasteiger partial charge in [0.2, 0.25) is 0 Å². The summed E-state index contributed by atoms with van der Waals surface area (Å²) in [5.41, 5.74) is 2.25. The van der Waals surface area contributed by atoms with Gasteiger partial charge in [-0.05, 0) is 41.8 Å². The van der Waals surface area contributed by atoms with Crippen molar-refractivity contribution < 1.29 is 9.59 Å². The van der Waals surface area contributed by atoms with E-state index >= 15 is 0 Å². The highest BCUT2D eigenvalue weighted by molar-refractivity contribution is 7.99. The first-order valence-electron chi connectivity index (χ1n) is 10.1. The van der Waals surface area contributed by atoms with Gasteiger partial charge in [-0.2, -0.15) is 0 Å². The number of carbonyl (C=O) groups excluding carboxylic acids is 2. The fourth-order valence-electron chi connectivity index (χ4n) is 3.14. The Hall–Kier alpha value is -2.39. The summed E-state index contributed by atoms with van der Waals surface area (Å²) in [4.78, 5) is 28.0. The maximum absolute atomic E-state index is 13.2. The van der Waals surface area contributed by atoms with E-state index in [0.29, 0.717) is 27.0 Å². The zero-order valence-corrected chi connectivity index (χ0v) is 21.3. The van der Waals surface area contributed by atoms with Crippen molar-refractivity contribution in [2.24, 2.45) is 0 Å². The number of nitrogens with one attached hydrogen (secondary N) is 4. The standard InChI is InChI=1S/C23H22Cl2N4O2S2/c1-23(2,3)18-10-13(20(30)27-12-7-8-17-16(9-12)26-11-32-17)21(33-18)29-22(31)28-15-6-4-5-14(24)19(15)25/h4-10,26H,11H2,1-3H3,(H,27,30)(H2,28,29,31). The highest BCUT2D eigenvalue weighted by Crippen LogP contribution is 2.38. The molecule has 2 heterocycles. The molecule has 0 atom stereocenters. The van der Waals surface area contributed by atoms with Crippen molar-refractivity contribution in [1.82, 2.24) is 0 Å². The molecule has 2 aromatic carbocycles. The van der Waals surface area contributed by atoms with Crippen LogP contribution in [0.15, 0.2) is 47.4 Å². The van der Waals surface area contributed by atoms with Crippen LogP contribution in [0.1, 0.15) is 36.0 Å². The van der Waals surface area contributed by atoms with E-state index in [1.807, 2.05) is 24.3 Å². The van der Waals surface area contributed by atoms with Gasteiger partial charge in [-0.15, -0.1) is 23.1 Å². The maximum Gasteiger partial charge on any atom is 0.324 e. The van der Waals surface area contributed by atoms with Crippen LogP contribution in [-0.2, 0) is 5.41 Å². The molecular formula is C23H22Cl2N4O2S2. The SMILES string of the molecule is CC(C)(C)c1cc(C(=O)Nc2ccc3c(c2)NCS3)c(NC(=O)Nc2cccc(Cl)c2Cl)s1. The van der Waals surface area contributed by atoms with Gasteiger partial charge >= 0.3 is 6.03 Å². The lowest BCUT2D eigenvalue weighted by Crippen LogP contribution is -2.21. The fraction of sp³-hybridized carbons (Fsp3) is 0.217. The van der Waals surface area contributed by atoms with E-state index in [4.69, 9.17) is 23.2 Å². The van der Waals surface area contributed by atoms with Crippen LogP contribution in [0.5, 0.6) is 0 Å². The van der Waals surface area contributed by atoms with E-state index in [1.165, 1.54) is 11.3 Å². The zero-order chi connectivity index (χ0) is 23.8. The summed E-state index contributed by atoms with van der Waals surface area (Å²) >= 11 is 15.3. The first-order chi connectivity index (χ1) is 15.6. The van der Waals surface area contributed by atoms with Crippen molar-refractivity contribution in [3.63, 3.8) is 0 Å². The molecule has 0 spiro atoms. The number of thioether (sulfide) groups is 1. The highest BCUT2D eigenvalue weighted by atomic mass is 35.5. The number of halogens is 2. The Balaban J connectivity index is 1.57. The second-order valence-electron chi connectivity index (χ2n) is 8.41. The lowest BCUT2D eigenvalue weighted by molar-refractivity contribution is 0.102. The maximum atomic E-state index is 13.2. The van der Waals surface area contributed by atoms with Crippen molar-refractivity contribution in [1.29, 1.82) is 0 Å². The van der Waals surface area contributed by atoms with Crippen LogP contribution >= 0.6 is 46.3 Å². The Kier molecular flexibility index (Phi) is 6.81. The predicted octanol–water partition coefficient (Wildman–Crippen LogP) is 7.72. The number of urea groups is 1. The largest absolute Gasteiger partial charge is 0.375 e. The zero-order valence-electron chi connectivity index (χ0n) is 18.1. The van der Waals surface area contributed by atoms with Gasteiger partial charge in [-0.1, -0.05) is 50.0 Å². The van der Waals surface area contributed by atoms with Crippen molar-refractivity contribution >= 4 is 80.3 Å². The Bertz CT molecular complexity index is 1240. The molecule has 0 fully saturated rings. The molecule has 0 radical (unpaired) electrons. The third-order valence-corrected chi connectivity index (χ3v) is 8.12. The average molecular weight is 521 g/mol. The number of fused-ring (bicyclic) bond motifs is 1. The monoisotopic (exact) mass is 520 g/mol.